The lowest BCUT2D eigenvalue weighted by molar-refractivity contribution is -0.149. The van der Waals surface area contributed by atoms with Crippen LogP contribution in [0.15, 0.2) is 12.0 Å². The molecule has 0 radical (unpaired) electrons. The fourth-order valence-electron chi connectivity index (χ4n) is 3.25. The summed E-state index contributed by atoms with van der Waals surface area (Å²) in [7, 11) is 0. The number of rotatable bonds is 6. The van der Waals surface area contributed by atoms with Gasteiger partial charge in [0.15, 0.2) is 6.61 Å². The van der Waals surface area contributed by atoms with Crippen molar-refractivity contribution >= 4 is 11.9 Å². The number of amides is 1. The average molecular weight is 339 g/mol. The Hall–Kier alpha value is -1.72. The van der Waals surface area contributed by atoms with Gasteiger partial charge >= 0.3 is 5.97 Å². The van der Waals surface area contributed by atoms with Gasteiger partial charge in [0.2, 0.25) is 5.76 Å². The van der Waals surface area contributed by atoms with E-state index in [0.29, 0.717) is 24.5 Å². The van der Waals surface area contributed by atoms with Crippen LogP contribution in [0.25, 0.3) is 0 Å². The molecule has 1 heterocycles. The van der Waals surface area contributed by atoms with E-state index in [1.165, 1.54) is 12.7 Å². The highest BCUT2D eigenvalue weighted by Crippen LogP contribution is 2.40. The quantitative estimate of drug-likeness (QED) is 0.753. The zero-order chi connectivity index (χ0) is 17.6. The molecule has 24 heavy (non-hydrogen) atoms. The average Bonchev–Trinajstić information content (AvgIpc) is 2.61. The van der Waals surface area contributed by atoms with E-state index < -0.39 is 5.97 Å². The van der Waals surface area contributed by atoms with Gasteiger partial charge in [-0.3, -0.25) is 4.79 Å². The number of nitrogens with one attached hydrogen (secondary N) is 1. The van der Waals surface area contributed by atoms with E-state index in [2.05, 4.69) is 26.1 Å². The van der Waals surface area contributed by atoms with E-state index in [-0.39, 0.29) is 24.3 Å². The number of ether oxygens (including phenoxy) is 3. The Morgan fingerprint density at radius 1 is 1.25 bits per heavy atom. The van der Waals surface area contributed by atoms with Crippen molar-refractivity contribution in [3.05, 3.63) is 12.0 Å². The minimum atomic E-state index is -0.668. The number of esters is 1. The third kappa shape index (κ3) is 5.14. The highest BCUT2D eigenvalue weighted by atomic mass is 16.6. The van der Waals surface area contributed by atoms with Crippen LogP contribution in [-0.2, 0) is 23.8 Å². The SMILES string of the molecule is CCC(C)(C)C1CCC(NC(=O)COC(=O)C2=COCCO2)CC1. The van der Waals surface area contributed by atoms with Crippen LogP contribution in [-0.4, -0.2) is 37.7 Å². The second-order valence-electron chi connectivity index (χ2n) is 7.24. The second kappa shape index (κ2) is 8.40. The summed E-state index contributed by atoms with van der Waals surface area (Å²) in [6.07, 6.45) is 6.62. The minimum absolute atomic E-state index is 0.0105. The van der Waals surface area contributed by atoms with E-state index in [4.69, 9.17) is 14.2 Å². The molecule has 6 heteroatoms. The lowest BCUT2D eigenvalue weighted by Crippen LogP contribution is -2.41. The second-order valence-corrected chi connectivity index (χ2v) is 7.24. The van der Waals surface area contributed by atoms with Gasteiger partial charge in [0.05, 0.1) is 0 Å². The van der Waals surface area contributed by atoms with Crippen molar-refractivity contribution in [3.8, 4) is 0 Å². The maximum atomic E-state index is 12.0. The van der Waals surface area contributed by atoms with Gasteiger partial charge in [0.25, 0.3) is 5.91 Å². The van der Waals surface area contributed by atoms with E-state index in [1.54, 1.807) is 0 Å². The van der Waals surface area contributed by atoms with E-state index >= 15 is 0 Å². The predicted molar refractivity (Wildman–Crippen MR) is 88.9 cm³/mol. The molecular formula is C18H29NO5. The number of hydrogen-bond acceptors (Lipinski definition) is 5. The molecule has 0 bridgehead atoms. The molecule has 0 saturated heterocycles. The molecule has 1 aliphatic carbocycles. The van der Waals surface area contributed by atoms with Crippen LogP contribution in [0, 0.1) is 11.3 Å². The van der Waals surface area contributed by atoms with Gasteiger partial charge in [0, 0.05) is 6.04 Å². The minimum Gasteiger partial charge on any atom is -0.493 e. The Morgan fingerprint density at radius 2 is 1.96 bits per heavy atom. The van der Waals surface area contributed by atoms with Gasteiger partial charge in [-0.25, -0.2) is 4.79 Å². The standard InChI is InChI=1S/C18H29NO5/c1-4-18(2,3)13-5-7-14(8-6-13)19-16(20)12-24-17(21)15-11-22-9-10-23-15/h11,13-14H,4-10,12H2,1-3H3,(H,19,20). The molecule has 0 aromatic heterocycles. The Bertz CT molecular complexity index is 478. The molecular weight excluding hydrogens is 310 g/mol. The number of carbonyl (C=O) groups excluding carboxylic acids is 2. The van der Waals surface area contributed by atoms with Gasteiger partial charge in [-0.15, -0.1) is 0 Å². The molecule has 0 aromatic carbocycles. The summed E-state index contributed by atoms with van der Waals surface area (Å²) in [5.74, 6) is -0.211. The molecule has 2 aliphatic rings. The summed E-state index contributed by atoms with van der Waals surface area (Å²) in [6, 6.07) is 0.175. The maximum absolute atomic E-state index is 12.0. The molecule has 1 N–H and O–H groups in total. The summed E-state index contributed by atoms with van der Waals surface area (Å²) >= 11 is 0. The summed E-state index contributed by atoms with van der Waals surface area (Å²) in [5.41, 5.74) is 0.361. The lowest BCUT2D eigenvalue weighted by Gasteiger charge is -2.39. The highest BCUT2D eigenvalue weighted by molar-refractivity contribution is 5.88. The fourth-order valence-corrected chi connectivity index (χ4v) is 3.25. The molecule has 1 aliphatic heterocycles. The van der Waals surface area contributed by atoms with Gasteiger partial charge in [-0.1, -0.05) is 27.2 Å². The molecule has 0 spiro atoms. The molecule has 0 aromatic rings. The highest BCUT2D eigenvalue weighted by Gasteiger charge is 2.32. The smallest absolute Gasteiger partial charge is 0.377 e. The number of hydrogen-bond donors (Lipinski definition) is 1. The van der Waals surface area contributed by atoms with Crippen LogP contribution >= 0.6 is 0 Å². The Kier molecular flexibility index (Phi) is 6.52. The van der Waals surface area contributed by atoms with Crippen LogP contribution in [0.3, 0.4) is 0 Å². The molecule has 1 fully saturated rings. The Balaban J connectivity index is 1.68. The van der Waals surface area contributed by atoms with Crippen molar-refractivity contribution in [1.29, 1.82) is 0 Å². The largest absolute Gasteiger partial charge is 0.493 e. The molecule has 136 valence electrons. The van der Waals surface area contributed by atoms with Crippen LogP contribution in [0.2, 0.25) is 0 Å². The number of carbonyl (C=O) groups is 2. The van der Waals surface area contributed by atoms with Crippen molar-refractivity contribution in [3.63, 3.8) is 0 Å². The molecule has 2 rings (SSSR count). The Morgan fingerprint density at radius 3 is 2.54 bits per heavy atom. The molecule has 1 amide bonds. The predicted octanol–water partition coefficient (Wildman–Crippen LogP) is 2.53. The zero-order valence-corrected chi connectivity index (χ0v) is 14.9. The van der Waals surface area contributed by atoms with Crippen LogP contribution in [0.1, 0.15) is 52.9 Å². The molecule has 6 nitrogen and oxygen atoms in total. The van der Waals surface area contributed by atoms with E-state index in [1.807, 2.05) is 0 Å². The summed E-state index contributed by atoms with van der Waals surface area (Å²) in [4.78, 5) is 23.7. The van der Waals surface area contributed by atoms with Gasteiger partial charge in [0.1, 0.15) is 19.5 Å². The topological polar surface area (TPSA) is 73.9 Å². The summed E-state index contributed by atoms with van der Waals surface area (Å²) in [5, 5.41) is 2.96. The zero-order valence-electron chi connectivity index (χ0n) is 14.9. The maximum Gasteiger partial charge on any atom is 0.377 e. The van der Waals surface area contributed by atoms with Crippen LogP contribution in [0.5, 0.6) is 0 Å². The molecule has 0 unspecified atom stereocenters. The Labute approximate surface area is 143 Å². The van der Waals surface area contributed by atoms with E-state index in [9.17, 15) is 9.59 Å². The first-order chi connectivity index (χ1) is 11.4. The fraction of sp³-hybridized carbons (Fsp3) is 0.778. The van der Waals surface area contributed by atoms with Gasteiger partial charge in [-0.05, 0) is 37.0 Å². The summed E-state index contributed by atoms with van der Waals surface area (Å²) in [6.45, 7) is 7.31. The normalized spacial score (nSPS) is 24.2. The van der Waals surface area contributed by atoms with Crippen LogP contribution < -0.4 is 5.32 Å². The van der Waals surface area contributed by atoms with Crippen molar-refractivity contribution in [1.82, 2.24) is 5.32 Å². The van der Waals surface area contributed by atoms with Crippen molar-refractivity contribution in [2.75, 3.05) is 19.8 Å². The van der Waals surface area contributed by atoms with Crippen molar-refractivity contribution in [2.45, 2.75) is 58.9 Å². The first-order valence-electron chi connectivity index (χ1n) is 8.83. The third-order valence-electron chi connectivity index (χ3n) is 5.29. The monoisotopic (exact) mass is 339 g/mol. The lowest BCUT2D eigenvalue weighted by atomic mass is 9.69. The summed E-state index contributed by atoms with van der Waals surface area (Å²) < 4.78 is 15.0. The third-order valence-corrected chi connectivity index (χ3v) is 5.29. The van der Waals surface area contributed by atoms with Crippen molar-refractivity contribution in [2.24, 2.45) is 11.3 Å². The van der Waals surface area contributed by atoms with Crippen LogP contribution in [0.4, 0.5) is 0 Å². The first kappa shape index (κ1) is 18.6. The van der Waals surface area contributed by atoms with E-state index in [0.717, 1.165) is 25.7 Å². The molecule has 1 saturated carbocycles. The van der Waals surface area contributed by atoms with Crippen molar-refractivity contribution < 1.29 is 23.8 Å². The first-order valence-corrected chi connectivity index (χ1v) is 8.83. The van der Waals surface area contributed by atoms with Gasteiger partial charge < -0.3 is 19.5 Å². The molecule has 0 atom stereocenters. The van der Waals surface area contributed by atoms with Gasteiger partial charge in [-0.2, -0.15) is 0 Å².